The molecule has 1 rings (SSSR count). The van der Waals surface area contributed by atoms with Gasteiger partial charge in [0.05, 0.1) is 16.4 Å². The topological polar surface area (TPSA) is 38.0 Å². The van der Waals surface area contributed by atoms with Gasteiger partial charge in [0.2, 0.25) is 0 Å². The van der Waals surface area contributed by atoms with Crippen LogP contribution in [0.25, 0.3) is 0 Å². The minimum absolute atomic E-state index is 0.405. The molecular weight excluding hydrogens is 196 g/mol. The highest BCUT2D eigenvalue weighted by molar-refractivity contribution is 6.33. The number of nitrogen functional groups attached to an aromatic ring is 1. The van der Waals surface area contributed by atoms with Crippen LogP contribution in [0.3, 0.4) is 0 Å². The minimum Gasteiger partial charge on any atom is -0.397 e. The highest BCUT2D eigenvalue weighted by Crippen LogP contribution is 2.28. The van der Waals surface area contributed by atoms with Gasteiger partial charge in [-0.25, -0.2) is 0 Å². The normalized spacial score (nSPS) is 12.5. The molecule has 1 atom stereocenters. The quantitative estimate of drug-likeness (QED) is 0.750. The Morgan fingerprint density at radius 3 is 2.79 bits per heavy atom. The van der Waals surface area contributed by atoms with Crippen LogP contribution >= 0.6 is 11.6 Å². The van der Waals surface area contributed by atoms with E-state index in [2.05, 4.69) is 19.2 Å². The number of para-hydroxylation sites is 1. The third kappa shape index (κ3) is 2.81. The van der Waals surface area contributed by atoms with Crippen molar-refractivity contribution in [3.8, 4) is 0 Å². The number of halogens is 1. The van der Waals surface area contributed by atoms with E-state index in [1.807, 2.05) is 18.2 Å². The third-order valence-electron chi connectivity index (χ3n) is 2.16. The van der Waals surface area contributed by atoms with E-state index in [1.54, 1.807) is 0 Å². The van der Waals surface area contributed by atoms with Crippen LogP contribution in [0.15, 0.2) is 18.2 Å². The van der Waals surface area contributed by atoms with E-state index in [4.69, 9.17) is 17.3 Å². The van der Waals surface area contributed by atoms with Gasteiger partial charge in [0.1, 0.15) is 0 Å². The summed E-state index contributed by atoms with van der Waals surface area (Å²) in [5, 5.41) is 4.01. The Bertz CT molecular complexity index is 279. The van der Waals surface area contributed by atoms with E-state index in [9.17, 15) is 0 Å². The molecule has 0 amide bonds. The lowest BCUT2D eigenvalue weighted by atomic mass is 10.2. The number of anilines is 2. The lowest BCUT2D eigenvalue weighted by molar-refractivity contribution is 0.691. The molecule has 3 heteroatoms. The Balaban J connectivity index is 2.75. The number of rotatable bonds is 4. The van der Waals surface area contributed by atoms with Crippen LogP contribution in [-0.4, -0.2) is 6.04 Å². The zero-order chi connectivity index (χ0) is 10.6. The summed E-state index contributed by atoms with van der Waals surface area (Å²) in [6, 6.07) is 5.96. The fourth-order valence-electron chi connectivity index (χ4n) is 1.44. The fraction of sp³-hybridized carbons (Fsp3) is 0.455. The molecule has 0 aliphatic heterocycles. The predicted molar refractivity (Wildman–Crippen MR) is 63.9 cm³/mol. The number of benzene rings is 1. The first-order chi connectivity index (χ1) is 6.65. The standard InChI is InChI=1S/C11H17ClN2/c1-3-5-8(2)14-11-9(12)6-4-7-10(11)13/h4,6-8,14H,3,5,13H2,1-2H3. The Kier molecular flexibility index (Phi) is 4.08. The zero-order valence-corrected chi connectivity index (χ0v) is 9.43. The van der Waals surface area contributed by atoms with Crippen molar-refractivity contribution in [2.24, 2.45) is 0 Å². The first kappa shape index (κ1) is 11.2. The average Bonchev–Trinajstić information content (AvgIpc) is 2.12. The molecule has 0 saturated carbocycles. The molecule has 0 spiro atoms. The molecule has 1 aromatic rings. The maximum Gasteiger partial charge on any atom is 0.0765 e. The first-order valence-electron chi connectivity index (χ1n) is 4.95. The SMILES string of the molecule is CCCC(C)Nc1c(N)cccc1Cl. The van der Waals surface area contributed by atoms with Gasteiger partial charge in [0, 0.05) is 6.04 Å². The van der Waals surface area contributed by atoms with E-state index < -0.39 is 0 Å². The minimum atomic E-state index is 0.405. The third-order valence-corrected chi connectivity index (χ3v) is 2.47. The predicted octanol–water partition coefficient (Wildman–Crippen LogP) is 3.52. The van der Waals surface area contributed by atoms with Gasteiger partial charge in [-0.3, -0.25) is 0 Å². The van der Waals surface area contributed by atoms with Crippen molar-refractivity contribution in [3.63, 3.8) is 0 Å². The summed E-state index contributed by atoms with van der Waals surface area (Å²) in [5.41, 5.74) is 7.38. The molecule has 0 fully saturated rings. The fourth-order valence-corrected chi connectivity index (χ4v) is 1.68. The molecule has 1 aromatic carbocycles. The Hall–Kier alpha value is -0.890. The molecule has 0 saturated heterocycles. The lowest BCUT2D eigenvalue weighted by Crippen LogP contribution is -2.15. The molecule has 1 unspecified atom stereocenters. The summed E-state index contributed by atoms with van der Waals surface area (Å²) in [7, 11) is 0. The van der Waals surface area contributed by atoms with Crippen molar-refractivity contribution in [1.82, 2.24) is 0 Å². The molecule has 3 N–H and O–H groups in total. The van der Waals surface area contributed by atoms with E-state index in [-0.39, 0.29) is 0 Å². The van der Waals surface area contributed by atoms with Gasteiger partial charge < -0.3 is 11.1 Å². The molecule has 0 aliphatic rings. The molecule has 0 aliphatic carbocycles. The van der Waals surface area contributed by atoms with Crippen LogP contribution in [0, 0.1) is 0 Å². The average molecular weight is 213 g/mol. The maximum absolute atomic E-state index is 6.03. The second-order valence-corrected chi connectivity index (χ2v) is 3.95. The van der Waals surface area contributed by atoms with Crippen LogP contribution in [0.2, 0.25) is 5.02 Å². The van der Waals surface area contributed by atoms with Gasteiger partial charge in [-0.1, -0.05) is 31.0 Å². The Morgan fingerprint density at radius 1 is 1.50 bits per heavy atom. The molecule has 0 heterocycles. The van der Waals surface area contributed by atoms with Crippen LogP contribution in [0.4, 0.5) is 11.4 Å². The Labute approximate surface area is 90.4 Å². The molecular formula is C11H17ClN2. The van der Waals surface area contributed by atoms with Gasteiger partial charge in [0.25, 0.3) is 0 Å². The number of hydrogen-bond donors (Lipinski definition) is 2. The van der Waals surface area contributed by atoms with Gasteiger partial charge in [0.15, 0.2) is 0 Å². The van der Waals surface area contributed by atoms with Crippen LogP contribution in [0.5, 0.6) is 0 Å². The highest BCUT2D eigenvalue weighted by atomic mass is 35.5. The zero-order valence-electron chi connectivity index (χ0n) is 8.68. The largest absolute Gasteiger partial charge is 0.397 e. The second kappa shape index (κ2) is 5.11. The van der Waals surface area contributed by atoms with Gasteiger partial charge in [-0.2, -0.15) is 0 Å². The summed E-state index contributed by atoms with van der Waals surface area (Å²) < 4.78 is 0. The van der Waals surface area contributed by atoms with E-state index in [0.29, 0.717) is 16.8 Å². The lowest BCUT2D eigenvalue weighted by Gasteiger charge is -2.17. The summed E-state index contributed by atoms with van der Waals surface area (Å²) in [6.45, 7) is 4.29. The smallest absolute Gasteiger partial charge is 0.0765 e. The van der Waals surface area contributed by atoms with Gasteiger partial charge in [-0.15, -0.1) is 0 Å². The van der Waals surface area contributed by atoms with E-state index in [0.717, 1.165) is 18.5 Å². The molecule has 0 radical (unpaired) electrons. The number of nitrogens with two attached hydrogens (primary N) is 1. The molecule has 78 valence electrons. The molecule has 2 nitrogen and oxygen atoms in total. The van der Waals surface area contributed by atoms with Crippen molar-refractivity contribution in [1.29, 1.82) is 0 Å². The van der Waals surface area contributed by atoms with E-state index in [1.165, 1.54) is 0 Å². The summed E-state index contributed by atoms with van der Waals surface area (Å²) in [4.78, 5) is 0. The van der Waals surface area contributed by atoms with Crippen molar-refractivity contribution >= 4 is 23.0 Å². The van der Waals surface area contributed by atoms with Crippen molar-refractivity contribution in [2.45, 2.75) is 32.7 Å². The molecule has 0 aromatic heterocycles. The summed E-state index contributed by atoms with van der Waals surface area (Å²) in [6.07, 6.45) is 2.27. The number of hydrogen-bond acceptors (Lipinski definition) is 2. The van der Waals surface area contributed by atoms with Crippen LogP contribution < -0.4 is 11.1 Å². The van der Waals surface area contributed by atoms with Gasteiger partial charge in [-0.05, 0) is 25.5 Å². The van der Waals surface area contributed by atoms with Crippen LogP contribution in [-0.2, 0) is 0 Å². The monoisotopic (exact) mass is 212 g/mol. The summed E-state index contributed by atoms with van der Waals surface area (Å²) in [5.74, 6) is 0. The highest BCUT2D eigenvalue weighted by Gasteiger charge is 2.06. The van der Waals surface area contributed by atoms with Crippen molar-refractivity contribution in [3.05, 3.63) is 23.2 Å². The first-order valence-corrected chi connectivity index (χ1v) is 5.33. The molecule has 0 bridgehead atoms. The maximum atomic E-state index is 6.03. The second-order valence-electron chi connectivity index (χ2n) is 3.54. The Morgan fingerprint density at radius 2 is 2.21 bits per heavy atom. The van der Waals surface area contributed by atoms with E-state index >= 15 is 0 Å². The van der Waals surface area contributed by atoms with Crippen LogP contribution in [0.1, 0.15) is 26.7 Å². The van der Waals surface area contributed by atoms with Crippen molar-refractivity contribution < 1.29 is 0 Å². The number of nitrogens with one attached hydrogen (secondary N) is 1. The summed E-state index contributed by atoms with van der Waals surface area (Å²) >= 11 is 6.03. The van der Waals surface area contributed by atoms with Gasteiger partial charge >= 0.3 is 0 Å². The molecule has 14 heavy (non-hydrogen) atoms. The van der Waals surface area contributed by atoms with Crippen molar-refractivity contribution in [2.75, 3.05) is 11.1 Å².